The third-order valence-electron chi connectivity index (χ3n) is 2.78. The number of aromatic amines is 1. The SMILES string of the molecule is CCc1ncc(S(=O)(=O)NCc2cccc(C)c2)[nH]1. The molecule has 19 heavy (non-hydrogen) atoms. The molecule has 1 aromatic carbocycles. The number of imidazole rings is 1. The number of rotatable bonds is 5. The van der Waals surface area contributed by atoms with E-state index in [2.05, 4.69) is 14.7 Å². The van der Waals surface area contributed by atoms with Crippen molar-refractivity contribution >= 4 is 10.0 Å². The van der Waals surface area contributed by atoms with Crippen molar-refractivity contribution in [1.82, 2.24) is 14.7 Å². The van der Waals surface area contributed by atoms with Crippen LogP contribution in [0.15, 0.2) is 35.5 Å². The molecule has 0 aliphatic heterocycles. The Hall–Kier alpha value is -1.66. The van der Waals surface area contributed by atoms with Crippen LogP contribution in [0.3, 0.4) is 0 Å². The number of H-pyrrole nitrogens is 1. The maximum atomic E-state index is 12.0. The fourth-order valence-electron chi connectivity index (χ4n) is 1.74. The molecule has 2 N–H and O–H groups in total. The standard InChI is InChI=1S/C13H17N3O2S/c1-3-12-14-9-13(16-12)19(17,18)15-8-11-6-4-5-10(2)7-11/h4-7,9,15H,3,8H2,1-2H3,(H,14,16). The molecule has 5 nitrogen and oxygen atoms in total. The fraction of sp³-hybridized carbons (Fsp3) is 0.308. The monoisotopic (exact) mass is 279 g/mol. The first-order valence-electron chi connectivity index (χ1n) is 6.10. The first-order valence-corrected chi connectivity index (χ1v) is 7.58. The zero-order chi connectivity index (χ0) is 13.9. The molecule has 1 aromatic heterocycles. The van der Waals surface area contributed by atoms with Crippen molar-refractivity contribution < 1.29 is 8.42 Å². The molecule has 0 aliphatic rings. The average molecular weight is 279 g/mol. The molecule has 102 valence electrons. The highest BCUT2D eigenvalue weighted by Gasteiger charge is 2.16. The summed E-state index contributed by atoms with van der Waals surface area (Å²) < 4.78 is 26.6. The molecule has 0 saturated carbocycles. The summed E-state index contributed by atoms with van der Waals surface area (Å²) in [5.41, 5.74) is 2.03. The molecule has 0 atom stereocenters. The van der Waals surface area contributed by atoms with Crippen LogP contribution < -0.4 is 4.72 Å². The second-order valence-electron chi connectivity index (χ2n) is 4.36. The van der Waals surface area contributed by atoms with E-state index in [9.17, 15) is 8.42 Å². The maximum absolute atomic E-state index is 12.0. The minimum absolute atomic E-state index is 0.108. The minimum Gasteiger partial charge on any atom is -0.332 e. The van der Waals surface area contributed by atoms with Gasteiger partial charge in [0.2, 0.25) is 0 Å². The lowest BCUT2D eigenvalue weighted by molar-refractivity contribution is 0.578. The van der Waals surface area contributed by atoms with Crippen molar-refractivity contribution in [2.75, 3.05) is 0 Å². The van der Waals surface area contributed by atoms with Crippen molar-refractivity contribution in [3.05, 3.63) is 47.4 Å². The molecule has 1 heterocycles. The number of hydrogen-bond acceptors (Lipinski definition) is 3. The van der Waals surface area contributed by atoms with E-state index < -0.39 is 10.0 Å². The second kappa shape index (κ2) is 5.54. The predicted molar refractivity (Wildman–Crippen MR) is 73.2 cm³/mol. The van der Waals surface area contributed by atoms with E-state index in [1.165, 1.54) is 6.20 Å². The topological polar surface area (TPSA) is 74.8 Å². The summed E-state index contributed by atoms with van der Waals surface area (Å²) in [6.07, 6.45) is 2.02. The Morgan fingerprint density at radius 3 is 2.79 bits per heavy atom. The number of aryl methyl sites for hydroxylation is 2. The number of hydrogen-bond donors (Lipinski definition) is 2. The van der Waals surface area contributed by atoms with Crippen LogP contribution in [0.2, 0.25) is 0 Å². The van der Waals surface area contributed by atoms with Gasteiger partial charge in [-0.15, -0.1) is 0 Å². The van der Waals surface area contributed by atoms with E-state index in [1.54, 1.807) is 0 Å². The van der Waals surface area contributed by atoms with Crippen molar-refractivity contribution in [3.8, 4) is 0 Å². The van der Waals surface area contributed by atoms with Gasteiger partial charge in [-0.1, -0.05) is 36.8 Å². The van der Waals surface area contributed by atoms with Crippen LogP contribution in [0.1, 0.15) is 23.9 Å². The summed E-state index contributed by atoms with van der Waals surface area (Å²) in [7, 11) is -3.53. The molecule has 6 heteroatoms. The molecule has 2 aromatic rings. The van der Waals surface area contributed by atoms with Crippen LogP contribution in [0.25, 0.3) is 0 Å². The highest BCUT2D eigenvalue weighted by molar-refractivity contribution is 7.89. The van der Waals surface area contributed by atoms with Gasteiger partial charge in [0.05, 0.1) is 6.20 Å². The molecule has 0 amide bonds. The highest BCUT2D eigenvalue weighted by atomic mass is 32.2. The summed E-state index contributed by atoms with van der Waals surface area (Å²) in [6.45, 7) is 4.15. The van der Waals surface area contributed by atoms with E-state index in [0.717, 1.165) is 11.1 Å². The Kier molecular flexibility index (Phi) is 4.01. The van der Waals surface area contributed by atoms with E-state index in [1.807, 2.05) is 38.1 Å². The number of aromatic nitrogens is 2. The third kappa shape index (κ3) is 3.42. The largest absolute Gasteiger partial charge is 0.332 e. The minimum atomic E-state index is -3.53. The van der Waals surface area contributed by atoms with Gasteiger partial charge < -0.3 is 4.98 Å². The van der Waals surface area contributed by atoms with Gasteiger partial charge in [-0.2, -0.15) is 0 Å². The summed E-state index contributed by atoms with van der Waals surface area (Å²) in [5.74, 6) is 0.663. The van der Waals surface area contributed by atoms with E-state index in [0.29, 0.717) is 12.2 Å². The Morgan fingerprint density at radius 1 is 1.37 bits per heavy atom. The van der Waals surface area contributed by atoms with Crippen molar-refractivity contribution in [1.29, 1.82) is 0 Å². The Labute approximate surface area is 113 Å². The van der Waals surface area contributed by atoms with Gasteiger partial charge in [0.15, 0.2) is 5.03 Å². The van der Waals surface area contributed by atoms with Gasteiger partial charge >= 0.3 is 0 Å². The van der Waals surface area contributed by atoms with Crippen molar-refractivity contribution in [3.63, 3.8) is 0 Å². The van der Waals surface area contributed by atoms with Crippen molar-refractivity contribution in [2.45, 2.75) is 31.8 Å². The fourth-order valence-corrected chi connectivity index (χ4v) is 2.69. The van der Waals surface area contributed by atoms with Gasteiger partial charge in [-0.3, -0.25) is 0 Å². The van der Waals surface area contributed by atoms with Crippen LogP contribution in [0.5, 0.6) is 0 Å². The van der Waals surface area contributed by atoms with Gasteiger partial charge in [0, 0.05) is 13.0 Å². The van der Waals surface area contributed by atoms with E-state index in [-0.39, 0.29) is 11.6 Å². The van der Waals surface area contributed by atoms with Crippen molar-refractivity contribution in [2.24, 2.45) is 0 Å². The number of nitrogens with zero attached hydrogens (tertiary/aromatic N) is 1. The predicted octanol–water partition coefficient (Wildman–Crippen LogP) is 1.76. The molecular formula is C13H17N3O2S. The summed E-state index contributed by atoms with van der Waals surface area (Å²) >= 11 is 0. The highest BCUT2D eigenvalue weighted by Crippen LogP contribution is 2.08. The summed E-state index contributed by atoms with van der Waals surface area (Å²) in [6, 6.07) is 7.72. The first kappa shape index (κ1) is 13.8. The third-order valence-corrected chi connectivity index (χ3v) is 4.09. The molecule has 0 unspecified atom stereocenters. The average Bonchev–Trinajstić information content (AvgIpc) is 2.86. The van der Waals surface area contributed by atoms with Gasteiger partial charge in [0.1, 0.15) is 5.82 Å². The lowest BCUT2D eigenvalue weighted by Crippen LogP contribution is -2.23. The quantitative estimate of drug-likeness (QED) is 0.875. The zero-order valence-electron chi connectivity index (χ0n) is 11.0. The summed E-state index contributed by atoms with van der Waals surface area (Å²) in [4.78, 5) is 6.78. The normalized spacial score (nSPS) is 11.7. The lowest BCUT2D eigenvalue weighted by atomic mass is 10.1. The Morgan fingerprint density at radius 2 is 2.16 bits per heavy atom. The van der Waals surface area contributed by atoms with Gasteiger partial charge in [-0.25, -0.2) is 18.1 Å². The number of benzene rings is 1. The molecule has 0 spiro atoms. The van der Waals surface area contributed by atoms with Crippen LogP contribution in [0.4, 0.5) is 0 Å². The molecule has 0 radical (unpaired) electrons. The van der Waals surface area contributed by atoms with E-state index >= 15 is 0 Å². The van der Waals surface area contributed by atoms with Gasteiger partial charge in [-0.05, 0) is 12.5 Å². The number of nitrogens with one attached hydrogen (secondary N) is 2. The number of sulfonamides is 1. The van der Waals surface area contributed by atoms with Crippen LogP contribution >= 0.6 is 0 Å². The molecular weight excluding hydrogens is 262 g/mol. The maximum Gasteiger partial charge on any atom is 0.257 e. The van der Waals surface area contributed by atoms with Crippen LogP contribution in [-0.4, -0.2) is 18.4 Å². The molecule has 2 rings (SSSR count). The second-order valence-corrected chi connectivity index (χ2v) is 6.10. The van der Waals surface area contributed by atoms with Crippen LogP contribution in [-0.2, 0) is 23.0 Å². The Balaban J connectivity index is 2.09. The smallest absolute Gasteiger partial charge is 0.257 e. The Bertz CT molecular complexity index is 662. The van der Waals surface area contributed by atoms with Crippen LogP contribution in [0, 0.1) is 6.92 Å². The first-order chi connectivity index (χ1) is 9.01. The summed E-state index contributed by atoms with van der Waals surface area (Å²) in [5, 5.41) is 0.108. The zero-order valence-corrected chi connectivity index (χ0v) is 11.8. The molecule has 0 saturated heterocycles. The van der Waals surface area contributed by atoms with E-state index in [4.69, 9.17) is 0 Å². The van der Waals surface area contributed by atoms with Gasteiger partial charge in [0.25, 0.3) is 10.0 Å². The molecule has 0 bridgehead atoms. The lowest BCUT2D eigenvalue weighted by Gasteiger charge is -2.05. The molecule has 0 fully saturated rings. The molecule has 0 aliphatic carbocycles.